The summed E-state index contributed by atoms with van der Waals surface area (Å²) in [6, 6.07) is 53.0. The fraction of sp³-hybridized carbons (Fsp3) is 0. The molecule has 7 aromatic carbocycles. The van der Waals surface area contributed by atoms with E-state index < -0.39 is 0 Å². The van der Waals surface area contributed by atoms with Crippen LogP contribution >= 0.6 is 0 Å². The summed E-state index contributed by atoms with van der Waals surface area (Å²) in [5.41, 5.74) is 5.27. The highest BCUT2D eigenvalue weighted by Gasteiger charge is 2.14. The molecule has 0 unspecified atom stereocenters. The number of hydrogen-bond acceptors (Lipinski definition) is 3. The van der Waals surface area contributed by atoms with Gasteiger partial charge in [-0.15, -0.1) is 0 Å². The maximum atomic E-state index is 5.03. The minimum Gasteiger partial charge on any atom is -0.208 e. The van der Waals surface area contributed by atoms with Gasteiger partial charge in [-0.3, -0.25) is 0 Å². The van der Waals surface area contributed by atoms with Gasteiger partial charge >= 0.3 is 0 Å². The molecule has 0 spiro atoms. The molecule has 0 aliphatic carbocycles. The highest BCUT2D eigenvalue weighted by Crippen LogP contribution is 2.31. The zero-order valence-electron chi connectivity index (χ0n) is 22.8. The highest BCUT2D eigenvalue weighted by atomic mass is 15.0. The quantitative estimate of drug-likeness (QED) is 0.225. The van der Waals surface area contributed by atoms with E-state index in [0.29, 0.717) is 17.5 Å². The SMILES string of the molecule is c1ccc(-c2ccc3ccc(-c4nc(-c5ccc6ccccc6c5)nc(-c5ccc6ccccc6c5)n4)cc3c2)cc1. The minimum atomic E-state index is 0.656. The molecular formula is C39H25N3. The van der Waals surface area contributed by atoms with Crippen LogP contribution in [0.1, 0.15) is 0 Å². The summed E-state index contributed by atoms with van der Waals surface area (Å²) in [5.74, 6) is 1.97. The molecule has 0 atom stereocenters. The molecule has 0 saturated heterocycles. The number of aromatic nitrogens is 3. The molecule has 42 heavy (non-hydrogen) atoms. The number of nitrogens with zero attached hydrogens (tertiary/aromatic N) is 3. The largest absolute Gasteiger partial charge is 0.208 e. The van der Waals surface area contributed by atoms with E-state index in [4.69, 9.17) is 15.0 Å². The van der Waals surface area contributed by atoms with Gasteiger partial charge in [-0.05, 0) is 67.7 Å². The highest BCUT2D eigenvalue weighted by molar-refractivity contribution is 5.91. The van der Waals surface area contributed by atoms with Crippen molar-refractivity contribution in [1.82, 2.24) is 15.0 Å². The predicted molar refractivity (Wildman–Crippen MR) is 174 cm³/mol. The summed E-state index contributed by atoms with van der Waals surface area (Å²) in [7, 11) is 0. The second-order valence-electron chi connectivity index (χ2n) is 10.6. The van der Waals surface area contributed by atoms with Gasteiger partial charge in [0.1, 0.15) is 0 Å². The van der Waals surface area contributed by atoms with Crippen molar-refractivity contribution in [2.75, 3.05) is 0 Å². The van der Waals surface area contributed by atoms with Gasteiger partial charge in [0.05, 0.1) is 0 Å². The molecule has 0 saturated carbocycles. The third-order valence-corrected chi connectivity index (χ3v) is 7.86. The number of benzene rings is 7. The molecule has 0 bridgehead atoms. The Morgan fingerprint density at radius 3 is 1.10 bits per heavy atom. The van der Waals surface area contributed by atoms with E-state index in [2.05, 4.69) is 146 Å². The van der Waals surface area contributed by atoms with Crippen molar-refractivity contribution in [2.24, 2.45) is 0 Å². The van der Waals surface area contributed by atoms with Gasteiger partial charge in [-0.2, -0.15) is 0 Å². The second kappa shape index (κ2) is 10.1. The van der Waals surface area contributed by atoms with E-state index in [0.717, 1.165) is 32.8 Å². The lowest BCUT2D eigenvalue weighted by molar-refractivity contribution is 1.08. The maximum absolute atomic E-state index is 5.03. The van der Waals surface area contributed by atoms with E-state index in [-0.39, 0.29) is 0 Å². The van der Waals surface area contributed by atoms with Crippen molar-refractivity contribution in [3.05, 3.63) is 152 Å². The van der Waals surface area contributed by atoms with Crippen LogP contribution in [0.2, 0.25) is 0 Å². The standard InChI is InChI=1S/C39H25N3/c1-2-8-26(9-3-1)32-18-14-29-17-21-35(25-36(29)24-32)39-41-37(33-19-15-27-10-4-6-12-30(27)22-33)40-38(42-39)34-20-16-28-11-5-7-13-31(28)23-34/h1-25H. The summed E-state index contributed by atoms with van der Waals surface area (Å²) in [5, 5.41) is 7.01. The third kappa shape index (κ3) is 4.47. The summed E-state index contributed by atoms with van der Waals surface area (Å²) >= 11 is 0. The number of rotatable bonds is 4. The Morgan fingerprint density at radius 1 is 0.238 bits per heavy atom. The van der Waals surface area contributed by atoms with Crippen molar-refractivity contribution in [3.8, 4) is 45.3 Å². The van der Waals surface area contributed by atoms with Crippen LogP contribution in [-0.4, -0.2) is 15.0 Å². The summed E-state index contributed by atoms with van der Waals surface area (Å²) in [6.45, 7) is 0. The van der Waals surface area contributed by atoms with E-state index >= 15 is 0 Å². The molecule has 0 fully saturated rings. The Bertz CT molecular complexity index is 2160. The average Bonchev–Trinajstić information content (AvgIpc) is 3.07. The summed E-state index contributed by atoms with van der Waals surface area (Å²) in [6.07, 6.45) is 0. The molecule has 8 rings (SSSR count). The molecule has 8 aromatic rings. The first kappa shape index (κ1) is 24.2. The van der Waals surface area contributed by atoms with Gasteiger partial charge in [-0.25, -0.2) is 15.0 Å². The predicted octanol–water partition coefficient (Wildman–Crippen LogP) is 10.00. The first-order valence-corrected chi connectivity index (χ1v) is 14.1. The second-order valence-corrected chi connectivity index (χ2v) is 10.6. The van der Waals surface area contributed by atoms with Crippen molar-refractivity contribution >= 4 is 32.3 Å². The topological polar surface area (TPSA) is 38.7 Å². The first-order valence-electron chi connectivity index (χ1n) is 14.1. The Balaban J connectivity index is 1.31. The monoisotopic (exact) mass is 535 g/mol. The smallest absolute Gasteiger partial charge is 0.164 e. The first-order chi connectivity index (χ1) is 20.8. The van der Waals surface area contributed by atoms with E-state index in [1.165, 1.54) is 27.3 Å². The van der Waals surface area contributed by atoms with Gasteiger partial charge in [0.15, 0.2) is 17.5 Å². The third-order valence-electron chi connectivity index (χ3n) is 7.86. The Labute approximate surface area is 243 Å². The van der Waals surface area contributed by atoms with Gasteiger partial charge in [0, 0.05) is 16.7 Å². The molecule has 196 valence electrons. The fourth-order valence-corrected chi connectivity index (χ4v) is 5.62. The lowest BCUT2D eigenvalue weighted by Gasteiger charge is -2.11. The van der Waals surface area contributed by atoms with Crippen molar-refractivity contribution in [3.63, 3.8) is 0 Å². The van der Waals surface area contributed by atoms with Crippen LogP contribution < -0.4 is 0 Å². The van der Waals surface area contributed by atoms with Crippen LogP contribution in [0.15, 0.2) is 152 Å². The molecule has 1 aromatic heterocycles. The Morgan fingerprint density at radius 2 is 0.595 bits per heavy atom. The van der Waals surface area contributed by atoms with Crippen LogP contribution in [0.3, 0.4) is 0 Å². The number of fused-ring (bicyclic) bond motifs is 3. The van der Waals surface area contributed by atoms with Crippen LogP contribution in [0.25, 0.3) is 77.6 Å². The lowest BCUT2D eigenvalue weighted by atomic mass is 9.99. The van der Waals surface area contributed by atoms with Crippen molar-refractivity contribution in [2.45, 2.75) is 0 Å². The molecule has 0 N–H and O–H groups in total. The lowest BCUT2D eigenvalue weighted by Crippen LogP contribution is -2.00. The Kier molecular flexibility index (Phi) is 5.79. The van der Waals surface area contributed by atoms with Gasteiger partial charge < -0.3 is 0 Å². The molecular weight excluding hydrogens is 510 g/mol. The van der Waals surface area contributed by atoms with Gasteiger partial charge in [-0.1, -0.05) is 127 Å². The molecule has 0 aliphatic heterocycles. The van der Waals surface area contributed by atoms with Crippen LogP contribution in [0, 0.1) is 0 Å². The van der Waals surface area contributed by atoms with E-state index in [1.807, 2.05) is 6.07 Å². The Hall–Kier alpha value is -5.67. The summed E-state index contributed by atoms with van der Waals surface area (Å²) in [4.78, 5) is 15.1. The zero-order valence-corrected chi connectivity index (χ0v) is 22.8. The molecule has 0 radical (unpaired) electrons. The maximum Gasteiger partial charge on any atom is 0.164 e. The fourth-order valence-electron chi connectivity index (χ4n) is 5.62. The van der Waals surface area contributed by atoms with E-state index in [1.54, 1.807) is 0 Å². The zero-order chi connectivity index (χ0) is 27.9. The van der Waals surface area contributed by atoms with Gasteiger partial charge in [0.25, 0.3) is 0 Å². The van der Waals surface area contributed by atoms with Crippen molar-refractivity contribution < 1.29 is 0 Å². The van der Waals surface area contributed by atoms with Crippen LogP contribution in [0.5, 0.6) is 0 Å². The van der Waals surface area contributed by atoms with Gasteiger partial charge in [0.2, 0.25) is 0 Å². The molecule has 3 heteroatoms. The molecule has 0 amide bonds. The van der Waals surface area contributed by atoms with Crippen LogP contribution in [0.4, 0.5) is 0 Å². The molecule has 0 aliphatic rings. The van der Waals surface area contributed by atoms with E-state index in [9.17, 15) is 0 Å². The number of hydrogen-bond donors (Lipinski definition) is 0. The molecule has 3 nitrogen and oxygen atoms in total. The minimum absolute atomic E-state index is 0.656. The molecule has 1 heterocycles. The van der Waals surface area contributed by atoms with Crippen molar-refractivity contribution in [1.29, 1.82) is 0 Å². The normalized spacial score (nSPS) is 11.3. The van der Waals surface area contributed by atoms with Crippen LogP contribution in [-0.2, 0) is 0 Å². The summed E-state index contributed by atoms with van der Waals surface area (Å²) < 4.78 is 0. The average molecular weight is 536 g/mol.